The summed E-state index contributed by atoms with van der Waals surface area (Å²) in [5.41, 5.74) is 8.94. The molecule has 0 spiro atoms. The highest BCUT2D eigenvalue weighted by Gasteiger charge is 2.12. The Balaban J connectivity index is 2.50. The number of carboxylic acids is 1. The molecule has 3 N–H and O–H groups in total. The number of fused-ring (bicyclic) bond motifs is 3. The number of carbonyl (C=O) groups is 1. The first kappa shape index (κ1) is 10.5. The zero-order valence-electron chi connectivity index (χ0n) is 9.58. The van der Waals surface area contributed by atoms with Gasteiger partial charge in [-0.1, -0.05) is 0 Å². The second-order valence-corrected chi connectivity index (χ2v) is 4.09. The van der Waals surface area contributed by atoms with E-state index in [1.54, 1.807) is 22.8 Å². The van der Waals surface area contributed by atoms with Gasteiger partial charge in [-0.05, 0) is 30.7 Å². The molecule has 2 aromatic heterocycles. The molecule has 0 radical (unpaired) electrons. The van der Waals surface area contributed by atoms with Gasteiger partial charge in [0.25, 0.3) is 0 Å². The van der Waals surface area contributed by atoms with E-state index in [9.17, 15) is 4.79 Å². The number of benzene rings is 1. The molecule has 18 heavy (non-hydrogen) atoms. The molecule has 3 aromatic rings. The van der Waals surface area contributed by atoms with Crippen LogP contribution in [0.4, 0.5) is 5.82 Å². The molecule has 1 aromatic carbocycles. The van der Waals surface area contributed by atoms with E-state index in [-0.39, 0.29) is 5.56 Å². The third kappa shape index (κ3) is 1.32. The fourth-order valence-electron chi connectivity index (χ4n) is 2.03. The summed E-state index contributed by atoms with van der Waals surface area (Å²) in [6, 6.07) is 4.68. The number of anilines is 1. The van der Waals surface area contributed by atoms with Gasteiger partial charge in [-0.15, -0.1) is 0 Å². The molecular weight excluding hydrogens is 232 g/mol. The van der Waals surface area contributed by atoms with E-state index < -0.39 is 5.97 Å². The van der Waals surface area contributed by atoms with Crippen LogP contribution in [-0.2, 0) is 0 Å². The van der Waals surface area contributed by atoms with Crippen LogP contribution < -0.4 is 5.73 Å². The normalized spacial score (nSPS) is 11.2. The standard InChI is InChI=1S/C12H10N4O2/c1-6-5-14-16-9-4-7(12(17)18)2-3-8(9)15-11(13)10(6)16/h2-5H,1H3,(H2,13,15)(H,17,18). The van der Waals surface area contributed by atoms with Crippen LogP contribution in [0.3, 0.4) is 0 Å². The lowest BCUT2D eigenvalue weighted by Crippen LogP contribution is -2.02. The van der Waals surface area contributed by atoms with Gasteiger partial charge in [0.2, 0.25) is 0 Å². The monoisotopic (exact) mass is 242 g/mol. The Morgan fingerprint density at radius 2 is 2.22 bits per heavy atom. The van der Waals surface area contributed by atoms with E-state index in [1.807, 2.05) is 6.92 Å². The Morgan fingerprint density at radius 1 is 1.44 bits per heavy atom. The minimum Gasteiger partial charge on any atom is -0.478 e. The predicted octanol–water partition coefficient (Wildman–Crippen LogP) is 1.47. The van der Waals surface area contributed by atoms with Crippen molar-refractivity contribution >= 4 is 28.3 Å². The van der Waals surface area contributed by atoms with Crippen molar-refractivity contribution in [1.29, 1.82) is 0 Å². The van der Waals surface area contributed by atoms with Crippen LogP contribution in [0, 0.1) is 6.92 Å². The summed E-state index contributed by atoms with van der Waals surface area (Å²) in [7, 11) is 0. The number of hydrogen-bond donors (Lipinski definition) is 2. The molecule has 0 saturated carbocycles. The van der Waals surface area contributed by atoms with Gasteiger partial charge >= 0.3 is 5.97 Å². The summed E-state index contributed by atoms with van der Waals surface area (Å²) in [4.78, 5) is 15.2. The smallest absolute Gasteiger partial charge is 0.335 e. The van der Waals surface area contributed by atoms with E-state index in [2.05, 4.69) is 10.1 Å². The molecule has 90 valence electrons. The van der Waals surface area contributed by atoms with Crippen molar-refractivity contribution in [3.63, 3.8) is 0 Å². The molecule has 0 amide bonds. The molecule has 0 unspecified atom stereocenters. The van der Waals surface area contributed by atoms with Crippen molar-refractivity contribution in [3.8, 4) is 0 Å². The number of rotatable bonds is 1. The quantitative estimate of drug-likeness (QED) is 0.674. The molecule has 6 nitrogen and oxygen atoms in total. The highest BCUT2D eigenvalue weighted by atomic mass is 16.4. The van der Waals surface area contributed by atoms with E-state index in [1.165, 1.54) is 6.07 Å². The van der Waals surface area contributed by atoms with Gasteiger partial charge in [0.15, 0.2) is 5.82 Å². The lowest BCUT2D eigenvalue weighted by atomic mass is 10.2. The maximum Gasteiger partial charge on any atom is 0.335 e. The van der Waals surface area contributed by atoms with Crippen molar-refractivity contribution in [2.75, 3.05) is 5.73 Å². The number of aromatic carboxylic acids is 1. The highest BCUT2D eigenvalue weighted by Crippen LogP contribution is 2.22. The molecule has 0 fully saturated rings. The molecular formula is C12H10N4O2. The van der Waals surface area contributed by atoms with Gasteiger partial charge in [0, 0.05) is 0 Å². The summed E-state index contributed by atoms with van der Waals surface area (Å²) in [6.45, 7) is 1.88. The first-order valence-electron chi connectivity index (χ1n) is 5.35. The van der Waals surface area contributed by atoms with E-state index in [4.69, 9.17) is 10.8 Å². The SMILES string of the molecule is Cc1cnn2c1c(N)nc1ccc(C(=O)O)cc12. The third-order valence-corrected chi connectivity index (χ3v) is 2.89. The Bertz CT molecular complexity index is 791. The number of hydrogen-bond acceptors (Lipinski definition) is 4. The molecule has 0 bridgehead atoms. The molecule has 0 saturated heterocycles. The zero-order valence-corrected chi connectivity index (χ0v) is 9.58. The fraction of sp³-hybridized carbons (Fsp3) is 0.0833. The lowest BCUT2D eigenvalue weighted by Gasteiger charge is -2.05. The maximum absolute atomic E-state index is 11.0. The number of carboxylic acid groups (broad SMARTS) is 1. The molecule has 6 heteroatoms. The van der Waals surface area contributed by atoms with Crippen molar-refractivity contribution in [2.24, 2.45) is 0 Å². The topological polar surface area (TPSA) is 93.5 Å². The lowest BCUT2D eigenvalue weighted by molar-refractivity contribution is 0.0697. The summed E-state index contributed by atoms with van der Waals surface area (Å²) in [5.74, 6) is -0.591. The predicted molar refractivity (Wildman–Crippen MR) is 66.6 cm³/mol. The third-order valence-electron chi connectivity index (χ3n) is 2.89. The summed E-state index contributed by atoms with van der Waals surface area (Å²) >= 11 is 0. The Morgan fingerprint density at radius 3 is 2.94 bits per heavy atom. The number of nitrogen functional groups attached to an aromatic ring is 1. The van der Waals surface area contributed by atoms with Crippen LogP contribution in [0.2, 0.25) is 0 Å². The zero-order chi connectivity index (χ0) is 12.9. The fourth-order valence-corrected chi connectivity index (χ4v) is 2.03. The second-order valence-electron chi connectivity index (χ2n) is 4.09. The number of aryl methyl sites for hydroxylation is 1. The minimum atomic E-state index is -0.981. The van der Waals surface area contributed by atoms with Crippen molar-refractivity contribution < 1.29 is 9.90 Å². The maximum atomic E-state index is 11.0. The van der Waals surface area contributed by atoms with Gasteiger partial charge < -0.3 is 10.8 Å². The van der Waals surface area contributed by atoms with Crippen LogP contribution in [-0.4, -0.2) is 25.7 Å². The summed E-state index contributed by atoms with van der Waals surface area (Å²) in [6.07, 6.45) is 1.68. The van der Waals surface area contributed by atoms with Gasteiger partial charge in [0.05, 0.1) is 22.8 Å². The number of nitrogens with zero attached hydrogens (tertiary/aromatic N) is 3. The number of nitrogens with two attached hydrogens (primary N) is 1. The molecule has 2 heterocycles. The first-order valence-corrected chi connectivity index (χ1v) is 5.35. The Labute approximate surface area is 102 Å². The molecule has 0 aliphatic carbocycles. The van der Waals surface area contributed by atoms with Gasteiger partial charge in [-0.25, -0.2) is 14.3 Å². The van der Waals surface area contributed by atoms with Crippen LogP contribution in [0.25, 0.3) is 16.6 Å². The summed E-state index contributed by atoms with van der Waals surface area (Å²) in [5, 5.41) is 13.2. The van der Waals surface area contributed by atoms with Crippen LogP contribution in [0.1, 0.15) is 15.9 Å². The average molecular weight is 242 g/mol. The van der Waals surface area contributed by atoms with E-state index >= 15 is 0 Å². The van der Waals surface area contributed by atoms with Gasteiger partial charge in [-0.2, -0.15) is 5.10 Å². The number of aromatic nitrogens is 3. The van der Waals surface area contributed by atoms with Crippen LogP contribution >= 0.6 is 0 Å². The molecule has 3 rings (SSSR count). The molecule has 0 aliphatic rings. The molecule has 0 aliphatic heterocycles. The van der Waals surface area contributed by atoms with Crippen molar-refractivity contribution in [3.05, 3.63) is 35.5 Å². The summed E-state index contributed by atoms with van der Waals surface area (Å²) < 4.78 is 1.62. The average Bonchev–Trinajstić information content (AvgIpc) is 2.72. The largest absolute Gasteiger partial charge is 0.478 e. The van der Waals surface area contributed by atoms with E-state index in [0.29, 0.717) is 22.4 Å². The van der Waals surface area contributed by atoms with Crippen LogP contribution in [0.15, 0.2) is 24.4 Å². The first-order chi connectivity index (χ1) is 8.58. The van der Waals surface area contributed by atoms with Gasteiger partial charge in [0.1, 0.15) is 5.52 Å². The van der Waals surface area contributed by atoms with Crippen molar-refractivity contribution in [2.45, 2.75) is 6.92 Å². The van der Waals surface area contributed by atoms with Crippen LogP contribution in [0.5, 0.6) is 0 Å². The van der Waals surface area contributed by atoms with E-state index in [0.717, 1.165) is 5.56 Å². The Hall–Kier alpha value is -2.63. The Kier molecular flexibility index (Phi) is 2.00. The highest BCUT2D eigenvalue weighted by molar-refractivity contribution is 5.93. The second kappa shape index (κ2) is 3.43. The van der Waals surface area contributed by atoms with Crippen molar-refractivity contribution in [1.82, 2.24) is 14.6 Å². The minimum absolute atomic E-state index is 0.198. The van der Waals surface area contributed by atoms with Gasteiger partial charge in [-0.3, -0.25) is 0 Å². The molecule has 0 atom stereocenters.